The largest absolute Gasteiger partial charge is 0.380 e. The summed E-state index contributed by atoms with van der Waals surface area (Å²) >= 11 is 5.96. The van der Waals surface area contributed by atoms with Crippen molar-refractivity contribution < 1.29 is 0 Å². The highest BCUT2D eigenvalue weighted by atomic mass is 35.5. The zero-order valence-corrected chi connectivity index (χ0v) is 12.4. The molecule has 0 radical (unpaired) electrons. The number of aryl methyl sites for hydroxylation is 1. The zero-order chi connectivity index (χ0) is 14.7. The molecular weight excluding hydrogens is 284 g/mol. The van der Waals surface area contributed by atoms with Gasteiger partial charge in [-0.05, 0) is 42.3 Å². The Kier molecular flexibility index (Phi) is 3.88. The fourth-order valence-electron chi connectivity index (χ4n) is 2.09. The second-order valence-electron chi connectivity index (χ2n) is 4.80. The molecule has 21 heavy (non-hydrogen) atoms. The first-order valence-corrected chi connectivity index (χ1v) is 7.03. The molecular formula is C16H15ClN4. The van der Waals surface area contributed by atoms with Crippen LogP contribution >= 0.6 is 11.6 Å². The molecule has 2 heterocycles. The van der Waals surface area contributed by atoms with Gasteiger partial charge in [-0.1, -0.05) is 17.7 Å². The lowest BCUT2D eigenvalue weighted by Gasteiger charge is -2.10. The molecule has 1 aromatic carbocycles. The van der Waals surface area contributed by atoms with Crippen molar-refractivity contribution in [1.29, 1.82) is 0 Å². The molecule has 3 aromatic rings. The quantitative estimate of drug-likeness (QED) is 0.796. The van der Waals surface area contributed by atoms with E-state index in [-0.39, 0.29) is 0 Å². The Labute approximate surface area is 128 Å². The van der Waals surface area contributed by atoms with E-state index in [0.29, 0.717) is 0 Å². The Balaban J connectivity index is 1.68. The van der Waals surface area contributed by atoms with E-state index in [4.69, 9.17) is 11.6 Å². The summed E-state index contributed by atoms with van der Waals surface area (Å²) in [6, 6.07) is 9.88. The van der Waals surface area contributed by atoms with Crippen LogP contribution in [0.2, 0.25) is 5.02 Å². The number of halogens is 1. The van der Waals surface area contributed by atoms with Crippen LogP contribution in [0.4, 0.5) is 5.69 Å². The second-order valence-corrected chi connectivity index (χ2v) is 5.24. The van der Waals surface area contributed by atoms with Crippen molar-refractivity contribution in [3.63, 3.8) is 0 Å². The average Bonchev–Trinajstić information content (AvgIpc) is 3.01. The van der Waals surface area contributed by atoms with E-state index in [1.165, 1.54) is 11.1 Å². The SMILES string of the molecule is Cc1cc(Cl)ccc1CNc1ccc(-n2ccnc2)nc1. The van der Waals surface area contributed by atoms with Crippen molar-refractivity contribution in [1.82, 2.24) is 14.5 Å². The molecule has 0 saturated heterocycles. The number of rotatable bonds is 4. The van der Waals surface area contributed by atoms with Crippen LogP contribution in [-0.4, -0.2) is 14.5 Å². The number of anilines is 1. The molecule has 0 bridgehead atoms. The molecule has 0 saturated carbocycles. The van der Waals surface area contributed by atoms with Crippen LogP contribution in [0.25, 0.3) is 5.82 Å². The van der Waals surface area contributed by atoms with E-state index < -0.39 is 0 Å². The summed E-state index contributed by atoms with van der Waals surface area (Å²) < 4.78 is 1.87. The van der Waals surface area contributed by atoms with Crippen LogP contribution in [0.5, 0.6) is 0 Å². The highest BCUT2D eigenvalue weighted by molar-refractivity contribution is 6.30. The van der Waals surface area contributed by atoms with Gasteiger partial charge in [-0.15, -0.1) is 0 Å². The maximum Gasteiger partial charge on any atom is 0.137 e. The lowest BCUT2D eigenvalue weighted by molar-refractivity contribution is 0.990. The molecule has 0 aliphatic rings. The predicted octanol–water partition coefficient (Wildman–Crippen LogP) is 3.84. The normalized spacial score (nSPS) is 10.6. The summed E-state index contributed by atoms with van der Waals surface area (Å²) in [5.74, 6) is 0.848. The highest BCUT2D eigenvalue weighted by Gasteiger charge is 2.01. The van der Waals surface area contributed by atoms with Crippen LogP contribution in [0.1, 0.15) is 11.1 Å². The van der Waals surface area contributed by atoms with Gasteiger partial charge in [0.05, 0.1) is 11.9 Å². The molecule has 2 aromatic heterocycles. The smallest absolute Gasteiger partial charge is 0.137 e. The molecule has 0 unspecified atom stereocenters. The number of nitrogens with one attached hydrogen (secondary N) is 1. The van der Waals surface area contributed by atoms with Crippen LogP contribution in [0.15, 0.2) is 55.2 Å². The standard InChI is InChI=1S/C16H15ClN4/c1-12-8-14(17)3-2-13(12)9-19-15-4-5-16(20-10-15)21-7-6-18-11-21/h2-8,10-11,19H,9H2,1H3. The molecule has 0 atom stereocenters. The van der Waals surface area contributed by atoms with Gasteiger partial charge in [0.1, 0.15) is 12.1 Å². The van der Waals surface area contributed by atoms with Gasteiger partial charge >= 0.3 is 0 Å². The third-order valence-electron chi connectivity index (χ3n) is 3.30. The van der Waals surface area contributed by atoms with Crippen LogP contribution in [0, 0.1) is 6.92 Å². The van der Waals surface area contributed by atoms with Gasteiger partial charge in [0.15, 0.2) is 0 Å². The molecule has 1 N–H and O–H groups in total. The number of benzene rings is 1. The van der Waals surface area contributed by atoms with Crippen molar-refractivity contribution in [3.8, 4) is 5.82 Å². The monoisotopic (exact) mass is 298 g/mol. The minimum absolute atomic E-state index is 0.745. The van der Waals surface area contributed by atoms with E-state index in [9.17, 15) is 0 Å². The minimum Gasteiger partial charge on any atom is -0.380 e. The summed E-state index contributed by atoms with van der Waals surface area (Å²) in [4.78, 5) is 8.42. The van der Waals surface area contributed by atoms with Crippen molar-refractivity contribution in [2.24, 2.45) is 0 Å². The fourth-order valence-corrected chi connectivity index (χ4v) is 2.32. The Morgan fingerprint density at radius 1 is 1.24 bits per heavy atom. The Bertz CT molecular complexity index is 721. The Morgan fingerprint density at radius 3 is 2.81 bits per heavy atom. The Hall–Kier alpha value is -2.33. The van der Waals surface area contributed by atoms with E-state index in [2.05, 4.69) is 22.2 Å². The van der Waals surface area contributed by atoms with Crippen molar-refractivity contribution in [2.75, 3.05) is 5.32 Å². The summed E-state index contributed by atoms with van der Waals surface area (Å²) in [6.45, 7) is 2.80. The van der Waals surface area contributed by atoms with Crippen LogP contribution in [-0.2, 0) is 6.54 Å². The summed E-state index contributed by atoms with van der Waals surface area (Å²) in [7, 11) is 0. The van der Waals surface area contributed by atoms with Crippen molar-refractivity contribution in [2.45, 2.75) is 13.5 Å². The molecule has 4 nitrogen and oxygen atoms in total. The topological polar surface area (TPSA) is 42.7 Å². The molecule has 0 spiro atoms. The molecule has 0 amide bonds. The number of aromatic nitrogens is 3. The predicted molar refractivity (Wildman–Crippen MR) is 84.9 cm³/mol. The maximum atomic E-state index is 5.96. The lowest BCUT2D eigenvalue weighted by Crippen LogP contribution is -2.02. The van der Waals surface area contributed by atoms with Gasteiger partial charge in [0, 0.05) is 24.0 Å². The first kappa shape index (κ1) is 13.6. The van der Waals surface area contributed by atoms with Gasteiger partial charge < -0.3 is 5.32 Å². The number of hydrogen-bond acceptors (Lipinski definition) is 3. The lowest BCUT2D eigenvalue weighted by atomic mass is 10.1. The highest BCUT2D eigenvalue weighted by Crippen LogP contribution is 2.17. The first-order valence-electron chi connectivity index (χ1n) is 6.66. The molecule has 0 aliphatic heterocycles. The molecule has 5 heteroatoms. The second kappa shape index (κ2) is 5.97. The maximum absolute atomic E-state index is 5.96. The summed E-state index contributed by atoms with van der Waals surface area (Å²) in [5.41, 5.74) is 3.38. The molecule has 106 valence electrons. The number of imidazole rings is 1. The third kappa shape index (κ3) is 3.23. The van der Waals surface area contributed by atoms with Crippen molar-refractivity contribution >= 4 is 17.3 Å². The summed E-state index contributed by atoms with van der Waals surface area (Å²) in [5, 5.41) is 4.13. The Morgan fingerprint density at radius 2 is 2.14 bits per heavy atom. The van der Waals surface area contributed by atoms with E-state index in [1.54, 1.807) is 12.5 Å². The molecule has 0 aliphatic carbocycles. The van der Waals surface area contributed by atoms with Crippen LogP contribution < -0.4 is 5.32 Å². The summed E-state index contributed by atoms with van der Waals surface area (Å²) in [6.07, 6.45) is 7.15. The van der Waals surface area contributed by atoms with Crippen LogP contribution in [0.3, 0.4) is 0 Å². The molecule has 0 fully saturated rings. The first-order chi connectivity index (χ1) is 10.2. The fraction of sp³-hybridized carbons (Fsp3) is 0.125. The number of nitrogens with zero attached hydrogens (tertiary/aromatic N) is 3. The zero-order valence-electron chi connectivity index (χ0n) is 11.6. The van der Waals surface area contributed by atoms with E-state index in [0.717, 1.165) is 23.1 Å². The minimum atomic E-state index is 0.745. The van der Waals surface area contributed by atoms with Gasteiger partial charge in [0.25, 0.3) is 0 Å². The van der Waals surface area contributed by atoms with Crippen molar-refractivity contribution in [3.05, 3.63) is 71.4 Å². The number of pyridine rings is 1. The molecule has 3 rings (SSSR count). The van der Waals surface area contributed by atoms with Gasteiger partial charge in [0.2, 0.25) is 0 Å². The number of hydrogen-bond donors (Lipinski definition) is 1. The van der Waals surface area contributed by atoms with Gasteiger partial charge in [-0.3, -0.25) is 4.57 Å². The van der Waals surface area contributed by atoms with Gasteiger partial charge in [-0.25, -0.2) is 9.97 Å². The van der Waals surface area contributed by atoms with Gasteiger partial charge in [-0.2, -0.15) is 0 Å². The third-order valence-corrected chi connectivity index (χ3v) is 3.54. The van der Waals surface area contributed by atoms with E-state index in [1.807, 2.05) is 47.3 Å². The average molecular weight is 299 g/mol. The van der Waals surface area contributed by atoms with E-state index >= 15 is 0 Å².